The van der Waals surface area contributed by atoms with Gasteiger partial charge in [0.2, 0.25) is 11.8 Å². The van der Waals surface area contributed by atoms with Crippen LogP contribution in [-0.2, 0) is 27.4 Å². The lowest BCUT2D eigenvalue weighted by Gasteiger charge is -2.23. The zero-order valence-electron chi connectivity index (χ0n) is 26.1. The number of anilines is 1. The van der Waals surface area contributed by atoms with Gasteiger partial charge < -0.3 is 14.5 Å². The molecule has 5 aromatic rings. The Morgan fingerprint density at radius 1 is 1.04 bits per heavy atom. The second-order valence-electron chi connectivity index (χ2n) is 13.3. The van der Waals surface area contributed by atoms with E-state index in [1.165, 1.54) is 16.9 Å². The number of thiophene rings is 1. The van der Waals surface area contributed by atoms with Gasteiger partial charge in [-0.2, -0.15) is 0 Å². The highest BCUT2D eigenvalue weighted by Gasteiger charge is 2.47. The van der Waals surface area contributed by atoms with E-state index >= 15 is 0 Å². The van der Waals surface area contributed by atoms with Crippen LogP contribution in [-0.4, -0.2) is 57.5 Å². The first-order chi connectivity index (χ1) is 22.9. The van der Waals surface area contributed by atoms with Crippen LogP contribution in [0.4, 0.5) is 5.82 Å². The quantitative estimate of drug-likeness (QED) is 0.200. The lowest BCUT2D eigenvalue weighted by molar-refractivity contribution is 0.0639. The summed E-state index contributed by atoms with van der Waals surface area (Å²) in [5.74, 6) is 2.30. The topological polar surface area (TPSA) is 146 Å². The molecular formula is C34H35N7O4S2. The zero-order chi connectivity index (χ0) is 31.7. The number of aromatic nitrogens is 6. The largest absolute Gasteiger partial charge is 0.421 e. The Labute approximate surface area is 276 Å². The van der Waals surface area contributed by atoms with Crippen molar-refractivity contribution in [3.63, 3.8) is 0 Å². The first-order valence-electron chi connectivity index (χ1n) is 16.6. The summed E-state index contributed by atoms with van der Waals surface area (Å²) in [6.07, 6.45) is 10.9. The van der Waals surface area contributed by atoms with Crippen molar-refractivity contribution < 1.29 is 17.6 Å². The van der Waals surface area contributed by atoms with Crippen LogP contribution < -0.4 is 5.32 Å². The van der Waals surface area contributed by atoms with Gasteiger partial charge in [0.05, 0.1) is 43.9 Å². The van der Waals surface area contributed by atoms with Crippen molar-refractivity contribution in [1.29, 1.82) is 0 Å². The van der Waals surface area contributed by atoms with E-state index in [2.05, 4.69) is 36.5 Å². The summed E-state index contributed by atoms with van der Waals surface area (Å²) in [7, 11) is -3.63. The average molecular weight is 670 g/mol. The second-order valence-corrected chi connectivity index (χ2v) is 16.3. The fraction of sp³-hybridized carbons (Fsp3) is 0.471. The van der Waals surface area contributed by atoms with E-state index in [1.807, 2.05) is 18.3 Å². The number of pyridine rings is 2. The molecule has 7 heterocycles. The highest BCUT2D eigenvalue weighted by Crippen LogP contribution is 2.54. The minimum atomic E-state index is -3.63. The fourth-order valence-corrected chi connectivity index (χ4v) is 11.0. The molecule has 0 unspecified atom stereocenters. The molecule has 1 saturated heterocycles. The lowest BCUT2D eigenvalue weighted by atomic mass is 9.90. The molecule has 242 valence electrons. The van der Waals surface area contributed by atoms with E-state index in [9.17, 15) is 8.42 Å². The highest BCUT2D eigenvalue weighted by atomic mass is 32.2. The summed E-state index contributed by atoms with van der Waals surface area (Å²) in [5.41, 5.74) is 5.83. The van der Waals surface area contributed by atoms with Crippen molar-refractivity contribution in [2.75, 3.05) is 24.3 Å². The minimum absolute atomic E-state index is 0.0842. The predicted molar refractivity (Wildman–Crippen MR) is 177 cm³/mol. The van der Waals surface area contributed by atoms with Crippen LogP contribution in [0.5, 0.6) is 0 Å². The van der Waals surface area contributed by atoms with E-state index in [-0.39, 0.29) is 17.7 Å². The fourth-order valence-electron chi connectivity index (χ4n) is 7.69. The van der Waals surface area contributed by atoms with E-state index in [4.69, 9.17) is 14.1 Å². The Kier molecular flexibility index (Phi) is 7.13. The van der Waals surface area contributed by atoms with Crippen LogP contribution in [0.15, 0.2) is 40.0 Å². The number of nitrogens with one attached hydrogen (secondary N) is 1. The normalized spacial score (nSPS) is 22.1. The van der Waals surface area contributed by atoms with Crippen molar-refractivity contribution >= 4 is 37.2 Å². The lowest BCUT2D eigenvalue weighted by Crippen LogP contribution is -2.17. The Bertz CT molecular complexity index is 2120. The molecule has 47 heavy (non-hydrogen) atoms. The van der Waals surface area contributed by atoms with Crippen LogP contribution >= 0.6 is 11.3 Å². The monoisotopic (exact) mass is 669 g/mol. The van der Waals surface area contributed by atoms with Gasteiger partial charge in [-0.15, -0.1) is 21.5 Å². The van der Waals surface area contributed by atoms with E-state index in [0.717, 1.165) is 90.5 Å². The zero-order valence-corrected chi connectivity index (χ0v) is 27.7. The standard InChI is InChI=1S/C34H35N7O4S2/c1-18-40-41-34(45-18)28-25(7-4-19-10-13-44-14-11-19)38-30-22(20-5-6-20)16-47(42,43)32(30)29(28)27-15-26-31(46-27)33(37-17-36-26)39-24-9-8-23-21(24)3-2-12-35-23/h2-3,12,15,17,19-20,22,24H,4-11,13-14,16H2,1H3,(H,36,37,39)/t22-,24-/m0/s1. The SMILES string of the molecule is Cc1nnc(-c2c(CCC3CCOCC3)nc3c(c2-c2cc4ncnc(N[C@H]5CCc6ncccc65)c4s2)S(=O)(=O)C[C@H]3C2CC2)o1. The number of ether oxygens (including phenoxy) is 1. The van der Waals surface area contributed by atoms with Crippen LogP contribution in [0.25, 0.3) is 32.1 Å². The Morgan fingerprint density at radius 3 is 2.72 bits per heavy atom. The van der Waals surface area contributed by atoms with Gasteiger partial charge in [0.1, 0.15) is 12.1 Å². The first-order valence-corrected chi connectivity index (χ1v) is 19.0. The number of aryl methyl sites for hydroxylation is 3. The summed E-state index contributed by atoms with van der Waals surface area (Å²) in [6.45, 7) is 3.29. The maximum absolute atomic E-state index is 14.2. The molecule has 1 saturated carbocycles. The van der Waals surface area contributed by atoms with Gasteiger partial charge in [-0.05, 0) is 80.9 Å². The van der Waals surface area contributed by atoms with Crippen LogP contribution in [0.1, 0.15) is 79.0 Å². The highest BCUT2D eigenvalue weighted by molar-refractivity contribution is 7.92. The molecule has 11 nitrogen and oxygen atoms in total. The van der Waals surface area contributed by atoms with Crippen molar-refractivity contribution in [1.82, 2.24) is 30.1 Å². The Balaban J connectivity index is 1.22. The third kappa shape index (κ3) is 5.23. The smallest absolute Gasteiger partial charge is 0.250 e. The molecule has 2 aliphatic heterocycles. The molecule has 0 bridgehead atoms. The maximum atomic E-state index is 14.2. The van der Waals surface area contributed by atoms with Crippen molar-refractivity contribution in [2.24, 2.45) is 11.8 Å². The van der Waals surface area contributed by atoms with Crippen LogP contribution in [0.2, 0.25) is 0 Å². The van der Waals surface area contributed by atoms with Gasteiger partial charge in [0.15, 0.2) is 9.84 Å². The first kappa shape index (κ1) is 29.3. The Morgan fingerprint density at radius 2 is 1.91 bits per heavy atom. The second kappa shape index (κ2) is 11.4. The van der Waals surface area contributed by atoms with Gasteiger partial charge in [0, 0.05) is 48.4 Å². The molecule has 4 aliphatic rings. The average Bonchev–Trinajstić information content (AvgIpc) is 3.36. The maximum Gasteiger partial charge on any atom is 0.250 e. The summed E-state index contributed by atoms with van der Waals surface area (Å²) in [4.78, 5) is 20.2. The number of fused-ring (bicyclic) bond motifs is 3. The summed E-state index contributed by atoms with van der Waals surface area (Å²) >= 11 is 1.50. The predicted octanol–water partition coefficient (Wildman–Crippen LogP) is 6.25. The Hall–Kier alpha value is -3.81. The van der Waals surface area contributed by atoms with Gasteiger partial charge >= 0.3 is 0 Å². The molecule has 0 amide bonds. The van der Waals surface area contributed by atoms with Crippen molar-refractivity contribution in [2.45, 2.75) is 75.1 Å². The van der Waals surface area contributed by atoms with Crippen LogP contribution in [0, 0.1) is 18.8 Å². The summed E-state index contributed by atoms with van der Waals surface area (Å²) < 4.78 is 40.9. The molecule has 2 atom stereocenters. The molecule has 1 N–H and O–H groups in total. The van der Waals surface area contributed by atoms with E-state index in [1.54, 1.807) is 13.3 Å². The number of hydrogen-bond acceptors (Lipinski definition) is 12. The summed E-state index contributed by atoms with van der Waals surface area (Å²) in [6, 6.07) is 6.16. The molecule has 2 fully saturated rings. The van der Waals surface area contributed by atoms with Gasteiger partial charge in [-0.1, -0.05) is 6.07 Å². The third-order valence-corrected chi connectivity index (χ3v) is 13.2. The molecule has 5 aromatic heterocycles. The van der Waals surface area contributed by atoms with Gasteiger partial charge in [-0.25, -0.2) is 18.4 Å². The van der Waals surface area contributed by atoms with Gasteiger partial charge in [-0.3, -0.25) is 9.97 Å². The molecular weight excluding hydrogens is 635 g/mol. The van der Waals surface area contributed by atoms with E-state index < -0.39 is 9.84 Å². The van der Waals surface area contributed by atoms with Crippen molar-refractivity contribution in [3.05, 3.63) is 59.3 Å². The number of hydrogen-bond donors (Lipinski definition) is 1. The molecule has 0 spiro atoms. The van der Waals surface area contributed by atoms with Crippen molar-refractivity contribution in [3.8, 4) is 21.9 Å². The summed E-state index contributed by atoms with van der Waals surface area (Å²) in [5, 5.41) is 12.3. The molecule has 0 aromatic carbocycles. The molecule has 2 aliphatic carbocycles. The van der Waals surface area contributed by atoms with E-state index in [0.29, 0.717) is 51.8 Å². The number of sulfone groups is 1. The number of rotatable bonds is 8. The minimum Gasteiger partial charge on any atom is -0.421 e. The molecule has 9 rings (SSSR count). The van der Waals surface area contributed by atoms with Gasteiger partial charge in [0.25, 0.3) is 0 Å². The van der Waals surface area contributed by atoms with Crippen LogP contribution in [0.3, 0.4) is 0 Å². The third-order valence-electron chi connectivity index (χ3n) is 10.2. The molecule has 0 radical (unpaired) electrons. The molecule has 13 heteroatoms. The number of nitrogens with zero attached hydrogens (tertiary/aromatic N) is 6.